The molecule has 30 heavy (non-hydrogen) atoms. The van der Waals surface area contributed by atoms with E-state index in [4.69, 9.17) is 0 Å². The zero-order valence-corrected chi connectivity index (χ0v) is 15.7. The van der Waals surface area contributed by atoms with Crippen LogP contribution in [0.1, 0.15) is 0 Å². The summed E-state index contributed by atoms with van der Waals surface area (Å²) in [7, 11) is 0. The Morgan fingerprint density at radius 1 is 0.700 bits per heavy atom. The monoisotopic (exact) mass is 389 g/mol. The molecule has 0 saturated carbocycles. The first-order valence-electron chi connectivity index (χ1n) is 9.49. The fourth-order valence-corrected chi connectivity index (χ4v) is 3.76. The van der Waals surface area contributed by atoms with Gasteiger partial charge >= 0.3 is 0 Å². The van der Waals surface area contributed by atoms with Gasteiger partial charge in [0.1, 0.15) is 5.69 Å². The topological polar surface area (TPSA) is 96.0 Å². The number of pyridine rings is 2. The molecule has 0 amide bonds. The molecule has 6 aromatic rings. The molecule has 0 bridgehead atoms. The summed E-state index contributed by atoms with van der Waals surface area (Å²) < 4.78 is 0. The minimum absolute atomic E-state index is 0.825. The Balaban J connectivity index is 1.52. The van der Waals surface area contributed by atoms with Crippen LogP contribution in [0.15, 0.2) is 79.8 Å². The number of aromatic nitrogens is 7. The molecule has 1 aromatic carbocycles. The van der Waals surface area contributed by atoms with Crippen LogP contribution in [0, 0.1) is 0 Å². The first-order valence-corrected chi connectivity index (χ1v) is 9.49. The SMILES string of the molecule is c1cncc(-c2cncc3[nH]c(-c4n[nH]c5ccc(-c6cnccn6)cc45)cc23)c1. The number of hydrogen-bond acceptors (Lipinski definition) is 5. The van der Waals surface area contributed by atoms with E-state index in [0.717, 1.165) is 55.6 Å². The van der Waals surface area contributed by atoms with Gasteiger partial charge in [0, 0.05) is 58.4 Å². The van der Waals surface area contributed by atoms with Crippen LogP contribution in [0.3, 0.4) is 0 Å². The van der Waals surface area contributed by atoms with Crippen molar-refractivity contribution in [3.05, 3.63) is 79.8 Å². The Kier molecular flexibility index (Phi) is 3.64. The molecule has 0 spiro atoms. The summed E-state index contributed by atoms with van der Waals surface area (Å²) in [5.74, 6) is 0. The van der Waals surface area contributed by atoms with Crippen molar-refractivity contribution in [1.29, 1.82) is 0 Å². The van der Waals surface area contributed by atoms with Crippen molar-refractivity contribution in [1.82, 2.24) is 35.1 Å². The van der Waals surface area contributed by atoms with Crippen LogP contribution in [0.4, 0.5) is 0 Å². The normalized spacial score (nSPS) is 11.3. The number of hydrogen-bond donors (Lipinski definition) is 2. The van der Waals surface area contributed by atoms with Gasteiger partial charge in [0.05, 0.1) is 34.8 Å². The van der Waals surface area contributed by atoms with Crippen LogP contribution in [-0.4, -0.2) is 35.1 Å². The number of benzene rings is 1. The predicted octanol–water partition coefficient (Wildman–Crippen LogP) is 4.63. The highest BCUT2D eigenvalue weighted by molar-refractivity contribution is 6.01. The summed E-state index contributed by atoms with van der Waals surface area (Å²) in [6.45, 7) is 0. The van der Waals surface area contributed by atoms with Gasteiger partial charge in [-0.2, -0.15) is 5.10 Å². The van der Waals surface area contributed by atoms with E-state index in [1.165, 1.54) is 0 Å². The third-order valence-electron chi connectivity index (χ3n) is 5.20. The van der Waals surface area contributed by atoms with Gasteiger partial charge in [-0.05, 0) is 24.3 Å². The van der Waals surface area contributed by atoms with E-state index in [1.807, 2.05) is 42.9 Å². The van der Waals surface area contributed by atoms with Gasteiger partial charge in [0.2, 0.25) is 0 Å². The second-order valence-electron chi connectivity index (χ2n) is 7.00. The van der Waals surface area contributed by atoms with Crippen molar-refractivity contribution < 1.29 is 0 Å². The highest BCUT2D eigenvalue weighted by Crippen LogP contribution is 2.34. The van der Waals surface area contributed by atoms with Gasteiger partial charge in [-0.15, -0.1) is 0 Å². The molecule has 5 heterocycles. The molecule has 2 N–H and O–H groups in total. The average molecular weight is 389 g/mol. The second kappa shape index (κ2) is 6.59. The molecule has 0 aliphatic carbocycles. The van der Waals surface area contributed by atoms with Gasteiger partial charge in [-0.3, -0.25) is 25.0 Å². The average Bonchev–Trinajstić information content (AvgIpc) is 3.43. The minimum atomic E-state index is 0.825. The number of nitrogens with one attached hydrogen (secondary N) is 2. The van der Waals surface area contributed by atoms with E-state index in [1.54, 1.807) is 24.8 Å². The van der Waals surface area contributed by atoms with Crippen LogP contribution in [0.25, 0.3) is 55.6 Å². The van der Waals surface area contributed by atoms with Crippen molar-refractivity contribution in [2.45, 2.75) is 0 Å². The predicted molar refractivity (Wildman–Crippen MR) is 115 cm³/mol. The Hall–Kier alpha value is -4.39. The molecule has 0 radical (unpaired) electrons. The van der Waals surface area contributed by atoms with Crippen molar-refractivity contribution in [2.75, 3.05) is 0 Å². The lowest BCUT2D eigenvalue weighted by Gasteiger charge is -2.01. The number of fused-ring (bicyclic) bond motifs is 2. The first-order chi connectivity index (χ1) is 14.9. The standard InChI is InChI=1S/C23H15N7/c1-2-15(10-24-5-1)18-11-26-13-22-16(18)9-20(28-22)23-17-8-14(3-4-19(17)29-30-23)21-12-25-6-7-27-21/h1-13,28H,(H,29,30). The van der Waals surface area contributed by atoms with Crippen molar-refractivity contribution in [3.63, 3.8) is 0 Å². The van der Waals surface area contributed by atoms with E-state index in [0.29, 0.717) is 0 Å². The van der Waals surface area contributed by atoms with E-state index >= 15 is 0 Å². The molecular weight excluding hydrogens is 374 g/mol. The molecule has 142 valence electrons. The van der Waals surface area contributed by atoms with Gasteiger partial charge in [-0.25, -0.2) is 0 Å². The largest absolute Gasteiger partial charge is 0.352 e. The molecule has 0 saturated heterocycles. The van der Waals surface area contributed by atoms with Crippen molar-refractivity contribution in [3.8, 4) is 33.8 Å². The van der Waals surface area contributed by atoms with Crippen LogP contribution >= 0.6 is 0 Å². The van der Waals surface area contributed by atoms with E-state index < -0.39 is 0 Å². The van der Waals surface area contributed by atoms with Crippen LogP contribution in [-0.2, 0) is 0 Å². The molecule has 0 unspecified atom stereocenters. The van der Waals surface area contributed by atoms with E-state index in [2.05, 4.69) is 47.2 Å². The summed E-state index contributed by atoms with van der Waals surface area (Å²) >= 11 is 0. The maximum absolute atomic E-state index is 4.57. The molecule has 0 aliphatic rings. The molecule has 6 rings (SSSR count). The second-order valence-corrected chi connectivity index (χ2v) is 7.00. The summed E-state index contributed by atoms with van der Waals surface area (Å²) in [6.07, 6.45) is 12.4. The quantitative estimate of drug-likeness (QED) is 0.460. The Bertz CT molecular complexity index is 1480. The van der Waals surface area contributed by atoms with Crippen LogP contribution in [0.2, 0.25) is 0 Å². The van der Waals surface area contributed by atoms with Crippen molar-refractivity contribution >= 4 is 21.8 Å². The molecular formula is C23H15N7. The minimum Gasteiger partial charge on any atom is -0.352 e. The summed E-state index contributed by atoms with van der Waals surface area (Å²) in [5, 5.41) is 9.79. The lowest BCUT2D eigenvalue weighted by Crippen LogP contribution is -1.84. The smallest absolute Gasteiger partial charge is 0.116 e. The maximum Gasteiger partial charge on any atom is 0.116 e. The van der Waals surface area contributed by atoms with Crippen molar-refractivity contribution in [2.24, 2.45) is 0 Å². The number of nitrogens with zero attached hydrogens (tertiary/aromatic N) is 5. The number of rotatable bonds is 3. The van der Waals surface area contributed by atoms with Crippen LogP contribution < -0.4 is 0 Å². The fraction of sp³-hybridized carbons (Fsp3) is 0. The van der Waals surface area contributed by atoms with Gasteiger partial charge in [0.25, 0.3) is 0 Å². The molecule has 7 heteroatoms. The number of H-pyrrole nitrogens is 2. The Morgan fingerprint density at radius 3 is 2.53 bits per heavy atom. The number of aromatic amines is 2. The summed E-state index contributed by atoms with van der Waals surface area (Å²) in [4.78, 5) is 20.7. The Morgan fingerprint density at radius 2 is 1.67 bits per heavy atom. The summed E-state index contributed by atoms with van der Waals surface area (Å²) in [5.41, 5.74) is 7.56. The molecule has 0 fully saturated rings. The van der Waals surface area contributed by atoms with Gasteiger partial charge < -0.3 is 4.98 Å². The molecule has 0 aliphatic heterocycles. The lowest BCUT2D eigenvalue weighted by atomic mass is 10.0. The highest BCUT2D eigenvalue weighted by Gasteiger charge is 2.14. The maximum atomic E-state index is 4.57. The first kappa shape index (κ1) is 16.6. The lowest BCUT2D eigenvalue weighted by molar-refractivity contribution is 1.12. The third kappa shape index (κ3) is 2.64. The fourth-order valence-electron chi connectivity index (χ4n) is 3.76. The third-order valence-corrected chi connectivity index (χ3v) is 5.20. The molecule has 7 nitrogen and oxygen atoms in total. The van der Waals surface area contributed by atoms with Crippen LogP contribution in [0.5, 0.6) is 0 Å². The van der Waals surface area contributed by atoms with Gasteiger partial charge in [-0.1, -0.05) is 12.1 Å². The zero-order chi connectivity index (χ0) is 19.9. The summed E-state index contributed by atoms with van der Waals surface area (Å²) in [6, 6.07) is 12.2. The van der Waals surface area contributed by atoms with E-state index in [-0.39, 0.29) is 0 Å². The highest BCUT2D eigenvalue weighted by atomic mass is 15.1. The van der Waals surface area contributed by atoms with Gasteiger partial charge in [0.15, 0.2) is 0 Å². The molecule has 5 aromatic heterocycles. The Labute approximate surface area is 170 Å². The van der Waals surface area contributed by atoms with E-state index in [9.17, 15) is 0 Å². The molecule has 0 atom stereocenters. The zero-order valence-electron chi connectivity index (χ0n) is 15.7.